The maximum Gasteiger partial charge on any atom is 0.0335 e. The smallest absolute Gasteiger partial charge is 0.0335 e. The molecule has 1 saturated heterocycles. The van der Waals surface area contributed by atoms with Crippen LogP contribution in [0.15, 0.2) is 0 Å². The lowest BCUT2D eigenvalue weighted by molar-refractivity contribution is -0.0293. The van der Waals surface area contributed by atoms with E-state index in [-0.39, 0.29) is 0 Å². The Labute approximate surface area is 131 Å². The quantitative estimate of drug-likeness (QED) is 0.846. The van der Waals surface area contributed by atoms with Gasteiger partial charge in [-0.15, -0.1) is 0 Å². The molecule has 1 aliphatic heterocycles. The minimum Gasteiger partial charge on any atom is -0.308 e. The highest BCUT2D eigenvalue weighted by Gasteiger charge is 2.51. The number of hydrogen-bond acceptors (Lipinski definition) is 2. The predicted octanol–water partition coefficient (Wildman–Crippen LogP) is 3.95. The van der Waals surface area contributed by atoms with Crippen LogP contribution in [0.4, 0.5) is 0 Å². The first-order valence-corrected chi connectivity index (χ1v) is 9.70. The molecule has 3 aliphatic carbocycles. The van der Waals surface area contributed by atoms with Crippen molar-refractivity contribution in [1.82, 2.24) is 10.2 Å². The average molecular weight is 290 g/mol. The van der Waals surface area contributed by atoms with Gasteiger partial charge in [-0.2, -0.15) is 0 Å². The van der Waals surface area contributed by atoms with Crippen molar-refractivity contribution in [3.8, 4) is 0 Å². The normalized spacial score (nSPS) is 38.1. The molecular formula is C19H34N2. The third-order valence-corrected chi connectivity index (χ3v) is 7.23. The average Bonchev–Trinajstić information content (AvgIpc) is 3.25. The fraction of sp³-hybridized carbons (Fsp3) is 1.00. The fourth-order valence-electron chi connectivity index (χ4n) is 5.56. The predicted molar refractivity (Wildman–Crippen MR) is 88.5 cm³/mol. The zero-order valence-corrected chi connectivity index (χ0v) is 14.0. The standard InChI is InChI=1S/C19H34N2/c1-18(17-9-10-17)15-21(13-16-7-3-4-8-16)19(14-20-18)11-5-2-6-12-19/h16-17,20H,2-15H2,1H3. The molecule has 1 N–H and O–H groups in total. The Morgan fingerprint density at radius 2 is 1.67 bits per heavy atom. The van der Waals surface area contributed by atoms with Crippen molar-refractivity contribution in [2.45, 2.75) is 88.6 Å². The summed E-state index contributed by atoms with van der Waals surface area (Å²) in [5.41, 5.74) is 0.941. The van der Waals surface area contributed by atoms with E-state index in [4.69, 9.17) is 0 Å². The van der Waals surface area contributed by atoms with Crippen LogP contribution in [0, 0.1) is 11.8 Å². The lowest BCUT2D eigenvalue weighted by Gasteiger charge is -2.56. The molecule has 1 heterocycles. The van der Waals surface area contributed by atoms with Crippen molar-refractivity contribution in [3.63, 3.8) is 0 Å². The third kappa shape index (κ3) is 2.79. The summed E-state index contributed by atoms with van der Waals surface area (Å²) in [5.74, 6) is 1.97. The van der Waals surface area contributed by atoms with Crippen LogP contribution in [0.3, 0.4) is 0 Å². The van der Waals surface area contributed by atoms with Crippen LogP contribution < -0.4 is 5.32 Å². The molecule has 2 nitrogen and oxygen atoms in total. The van der Waals surface area contributed by atoms with Gasteiger partial charge in [0.1, 0.15) is 0 Å². The van der Waals surface area contributed by atoms with Gasteiger partial charge in [-0.1, -0.05) is 32.1 Å². The molecule has 120 valence electrons. The Morgan fingerprint density at radius 1 is 0.952 bits per heavy atom. The second-order valence-electron chi connectivity index (χ2n) is 8.86. The fourth-order valence-corrected chi connectivity index (χ4v) is 5.56. The molecule has 0 aromatic rings. The molecule has 3 saturated carbocycles. The Morgan fingerprint density at radius 3 is 2.33 bits per heavy atom. The lowest BCUT2D eigenvalue weighted by Crippen LogP contribution is -2.70. The summed E-state index contributed by atoms with van der Waals surface area (Å²) in [6, 6.07) is 0. The van der Waals surface area contributed by atoms with Gasteiger partial charge in [-0.05, 0) is 57.3 Å². The highest BCUT2D eigenvalue weighted by atomic mass is 15.3. The Kier molecular flexibility index (Phi) is 3.82. The zero-order chi connectivity index (χ0) is 14.3. The maximum absolute atomic E-state index is 4.03. The molecule has 0 aromatic heterocycles. The molecule has 4 aliphatic rings. The van der Waals surface area contributed by atoms with Crippen LogP contribution in [0.1, 0.15) is 77.6 Å². The molecule has 0 aromatic carbocycles. The van der Waals surface area contributed by atoms with E-state index in [2.05, 4.69) is 17.1 Å². The summed E-state index contributed by atoms with van der Waals surface area (Å²) in [4.78, 5) is 3.00. The van der Waals surface area contributed by atoms with Gasteiger partial charge in [0.2, 0.25) is 0 Å². The monoisotopic (exact) mass is 290 g/mol. The van der Waals surface area contributed by atoms with Crippen LogP contribution in [0.5, 0.6) is 0 Å². The summed E-state index contributed by atoms with van der Waals surface area (Å²) in [5, 5.41) is 4.03. The van der Waals surface area contributed by atoms with Crippen LogP contribution in [-0.4, -0.2) is 35.6 Å². The van der Waals surface area contributed by atoms with Gasteiger partial charge in [-0.25, -0.2) is 0 Å². The Hall–Kier alpha value is -0.0800. The maximum atomic E-state index is 4.03. The van der Waals surface area contributed by atoms with Crippen molar-refractivity contribution in [2.24, 2.45) is 11.8 Å². The first kappa shape index (κ1) is 14.5. The SMILES string of the molecule is CC1(C2CC2)CN(CC2CCCC2)C2(CCCCC2)CN1. The molecule has 4 fully saturated rings. The summed E-state index contributed by atoms with van der Waals surface area (Å²) in [6.07, 6.45) is 16.2. The zero-order valence-electron chi connectivity index (χ0n) is 14.0. The van der Waals surface area contributed by atoms with Gasteiger partial charge in [0.15, 0.2) is 0 Å². The van der Waals surface area contributed by atoms with E-state index in [1.165, 1.54) is 90.3 Å². The van der Waals surface area contributed by atoms with Crippen molar-refractivity contribution in [1.29, 1.82) is 0 Å². The molecule has 2 heteroatoms. The number of nitrogens with zero attached hydrogens (tertiary/aromatic N) is 1. The summed E-state index contributed by atoms with van der Waals surface area (Å²) in [7, 11) is 0. The minimum atomic E-state index is 0.418. The van der Waals surface area contributed by atoms with E-state index in [0.717, 1.165) is 11.8 Å². The molecule has 0 radical (unpaired) electrons. The topological polar surface area (TPSA) is 15.3 Å². The van der Waals surface area contributed by atoms with Crippen LogP contribution in [0.25, 0.3) is 0 Å². The third-order valence-electron chi connectivity index (χ3n) is 7.23. The van der Waals surface area contributed by atoms with Gasteiger partial charge >= 0.3 is 0 Å². The van der Waals surface area contributed by atoms with Crippen LogP contribution in [0.2, 0.25) is 0 Å². The number of rotatable bonds is 3. The van der Waals surface area contributed by atoms with Crippen molar-refractivity contribution in [3.05, 3.63) is 0 Å². The van der Waals surface area contributed by atoms with Gasteiger partial charge in [0, 0.05) is 30.7 Å². The minimum absolute atomic E-state index is 0.418. The Bertz CT molecular complexity index is 364. The second kappa shape index (κ2) is 5.53. The second-order valence-corrected chi connectivity index (χ2v) is 8.86. The van der Waals surface area contributed by atoms with E-state index >= 15 is 0 Å². The molecule has 0 amide bonds. The molecule has 0 bridgehead atoms. The largest absolute Gasteiger partial charge is 0.308 e. The van der Waals surface area contributed by atoms with E-state index in [1.54, 1.807) is 0 Å². The van der Waals surface area contributed by atoms with Crippen molar-refractivity contribution in [2.75, 3.05) is 19.6 Å². The summed E-state index contributed by atoms with van der Waals surface area (Å²) < 4.78 is 0. The molecule has 1 atom stereocenters. The molecular weight excluding hydrogens is 256 g/mol. The molecule has 1 unspecified atom stereocenters. The highest BCUT2D eigenvalue weighted by molar-refractivity contribution is 5.09. The van der Waals surface area contributed by atoms with Gasteiger partial charge in [-0.3, -0.25) is 4.90 Å². The van der Waals surface area contributed by atoms with Gasteiger partial charge in [0.25, 0.3) is 0 Å². The van der Waals surface area contributed by atoms with Gasteiger partial charge in [0.05, 0.1) is 0 Å². The Balaban J connectivity index is 1.51. The first-order chi connectivity index (χ1) is 10.2. The molecule has 1 spiro atoms. The van der Waals surface area contributed by atoms with Crippen LogP contribution >= 0.6 is 0 Å². The number of hydrogen-bond donors (Lipinski definition) is 1. The number of nitrogens with one attached hydrogen (secondary N) is 1. The molecule has 4 rings (SSSR count). The first-order valence-electron chi connectivity index (χ1n) is 9.70. The van der Waals surface area contributed by atoms with Crippen LogP contribution in [-0.2, 0) is 0 Å². The summed E-state index contributed by atoms with van der Waals surface area (Å²) >= 11 is 0. The highest BCUT2D eigenvalue weighted by Crippen LogP contribution is 2.46. The molecule has 21 heavy (non-hydrogen) atoms. The van der Waals surface area contributed by atoms with E-state index in [0.29, 0.717) is 11.1 Å². The van der Waals surface area contributed by atoms with Gasteiger partial charge < -0.3 is 5.32 Å². The van der Waals surface area contributed by atoms with E-state index in [1.807, 2.05) is 0 Å². The lowest BCUT2D eigenvalue weighted by atomic mass is 9.75. The van der Waals surface area contributed by atoms with E-state index in [9.17, 15) is 0 Å². The van der Waals surface area contributed by atoms with E-state index < -0.39 is 0 Å². The summed E-state index contributed by atoms with van der Waals surface area (Å²) in [6.45, 7) is 6.52. The van der Waals surface area contributed by atoms with Crippen molar-refractivity contribution >= 4 is 0 Å². The van der Waals surface area contributed by atoms with Crippen molar-refractivity contribution < 1.29 is 0 Å². The number of piperazine rings is 1.